The number of halogens is 1. The van der Waals surface area contributed by atoms with Crippen molar-refractivity contribution in [1.29, 1.82) is 0 Å². The van der Waals surface area contributed by atoms with Crippen LogP contribution in [0.3, 0.4) is 0 Å². The zero-order valence-electron chi connectivity index (χ0n) is 14.7. The van der Waals surface area contributed by atoms with Gasteiger partial charge in [0.25, 0.3) is 0 Å². The molecule has 0 atom stereocenters. The number of aryl methyl sites for hydroxylation is 2. The normalized spacial score (nSPS) is 10.6. The summed E-state index contributed by atoms with van der Waals surface area (Å²) in [6, 6.07) is 13.8. The summed E-state index contributed by atoms with van der Waals surface area (Å²) in [5, 5.41) is 7.39. The van der Waals surface area contributed by atoms with Crippen molar-refractivity contribution in [2.75, 3.05) is 17.2 Å². The number of hydrogen-bond acceptors (Lipinski definition) is 4. The number of para-hydroxylation sites is 1. The maximum atomic E-state index is 12.2. The van der Waals surface area contributed by atoms with E-state index in [0.717, 1.165) is 38.7 Å². The van der Waals surface area contributed by atoms with Crippen LogP contribution in [0.5, 0.6) is 0 Å². The molecule has 0 fully saturated rings. The Morgan fingerprint density at radius 2 is 1.81 bits per heavy atom. The van der Waals surface area contributed by atoms with Crippen LogP contribution in [-0.2, 0) is 11.2 Å². The van der Waals surface area contributed by atoms with E-state index in [1.807, 2.05) is 56.3 Å². The Balaban J connectivity index is 1.55. The number of thiazole rings is 1. The Bertz CT molecular complexity index is 885. The molecule has 0 saturated carbocycles. The zero-order chi connectivity index (χ0) is 18.5. The van der Waals surface area contributed by atoms with Crippen molar-refractivity contribution in [3.05, 3.63) is 75.3 Å². The predicted molar refractivity (Wildman–Crippen MR) is 109 cm³/mol. The number of benzene rings is 2. The van der Waals surface area contributed by atoms with E-state index < -0.39 is 0 Å². The molecule has 26 heavy (non-hydrogen) atoms. The van der Waals surface area contributed by atoms with Crippen LogP contribution in [0.25, 0.3) is 0 Å². The monoisotopic (exact) mass is 385 g/mol. The number of rotatable bonds is 6. The second-order valence-corrected chi connectivity index (χ2v) is 7.66. The van der Waals surface area contributed by atoms with Crippen molar-refractivity contribution in [2.24, 2.45) is 0 Å². The lowest BCUT2D eigenvalue weighted by Crippen LogP contribution is -2.22. The van der Waals surface area contributed by atoms with Crippen LogP contribution in [0.2, 0.25) is 5.02 Å². The number of amides is 1. The van der Waals surface area contributed by atoms with Crippen LogP contribution in [0.15, 0.2) is 48.7 Å². The summed E-state index contributed by atoms with van der Waals surface area (Å²) in [4.78, 5) is 17.6. The summed E-state index contributed by atoms with van der Waals surface area (Å²) in [5.74, 6) is -0.111. The van der Waals surface area contributed by atoms with E-state index in [-0.39, 0.29) is 12.5 Å². The van der Waals surface area contributed by atoms with E-state index in [1.165, 1.54) is 11.3 Å². The fraction of sp³-hybridized carbons (Fsp3) is 0.200. The molecule has 0 spiro atoms. The molecular formula is C20H20ClN3OS. The highest BCUT2D eigenvalue weighted by Gasteiger charge is 2.09. The molecular weight excluding hydrogens is 366 g/mol. The fourth-order valence-electron chi connectivity index (χ4n) is 2.68. The molecule has 1 aromatic heterocycles. The molecule has 0 aliphatic carbocycles. The van der Waals surface area contributed by atoms with E-state index in [2.05, 4.69) is 15.6 Å². The Hall–Kier alpha value is -2.37. The highest BCUT2D eigenvalue weighted by atomic mass is 35.5. The van der Waals surface area contributed by atoms with Crippen LogP contribution in [-0.4, -0.2) is 17.4 Å². The van der Waals surface area contributed by atoms with Crippen LogP contribution < -0.4 is 10.6 Å². The summed E-state index contributed by atoms with van der Waals surface area (Å²) in [6.07, 6.45) is 2.57. The van der Waals surface area contributed by atoms with Gasteiger partial charge in [0.1, 0.15) is 0 Å². The molecule has 0 unspecified atom stereocenters. The van der Waals surface area contributed by atoms with Crippen LogP contribution >= 0.6 is 22.9 Å². The maximum absolute atomic E-state index is 12.2. The number of nitrogens with one attached hydrogen (secondary N) is 2. The van der Waals surface area contributed by atoms with Crippen molar-refractivity contribution < 1.29 is 4.79 Å². The van der Waals surface area contributed by atoms with Gasteiger partial charge in [-0.25, -0.2) is 4.98 Å². The smallest absolute Gasteiger partial charge is 0.245 e. The lowest BCUT2D eigenvalue weighted by Gasteiger charge is -2.11. The fourth-order valence-corrected chi connectivity index (χ4v) is 3.66. The third-order valence-electron chi connectivity index (χ3n) is 4.00. The Labute approximate surface area is 162 Å². The number of anilines is 2. The first kappa shape index (κ1) is 18.4. The molecule has 134 valence electrons. The molecule has 3 aromatic rings. The largest absolute Gasteiger partial charge is 0.376 e. The van der Waals surface area contributed by atoms with Gasteiger partial charge in [-0.2, -0.15) is 0 Å². The molecule has 0 aliphatic heterocycles. The molecule has 1 heterocycles. The van der Waals surface area contributed by atoms with Gasteiger partial charge < -0.3 is 10.6 Å². The summed E-state index contributed by atoms with van der Waals surface area (Å²) >= 11 is 7.39. The second-order valence-electron chi connectivity index (χ2n) is 6.10. The average molecular weight is 386 g/mol. The third-order valence-corrected chi connectivity index (χ3v) is 5.16. The Morgan fingerprint density at radius 3 is 2.50 bits per heavy atom. The quantitative estimate of drug-likeness (QED) is 0.623. The molecule has 1 amide bonds. The number of carbonyl (C=O) groups excluding carboxylic acids is 1. The van der Waals surface area contributed by atoms with Crippen molar-refractivity contribution in [1.82, 2.24) is 4.98 Å². The van der Waals surface area contributed by atoms with Gasteiger partial charge in [0.15, 0.2) is 5.13 Å². The number of hydrogen-bond donors (Lipinski definition) is 2. The number of aromatic nitrogens is 1. The van der Waals surface area contributed by atoms with E-state index in [4.69, 9.17) is 11.6 Å². The highest BCUT2D eigenvalue weighted by Crippen LogP contribution is 2.22. The average Bonchev–Trinajstić information content (AvgIpc) is 3.03. The van der Waals surface area contributed by atoms with Crippen molar-refractivity contribution in [3.8, 4) is 0 Å². The maximum Gasteiger partial charge on any atom is 0.245 e. The van der Waals surface area contributed by atoms with Gasteiger partial charge in [-0.15, -0.1) is 11.3 Å². The van der Waals surface area contributed by atoms with Crippen molar-refractivity contribution >= 4 is 39.7 Å². The lowest BCUT2D eigenvalue weighted by atomic mass is 10.1. The number of nitrogens with zero attached hydrogens (tertiary/aromatic N) is 1. The molecule has 4 nitrogen and oxygen atoms in total. The molecule has 0 aliphatic rings. The summed E-state index contributed by atoms with van der Waals surface area (Å²) < 4.78 is 0. The van der Waals surface area contributed by atoms with Crippen LogP contribution in [0.1, 0.15) is 21.6 Å². The molecule has 0 bridgehead atoms. The SMILES string of the molecule is Cc1cccc(C)c1NCC(=O)Nc1ncc(Cc2ccc(Cl)cc2)s1. The minimum atomic E-state index is -0.111. The molecule has 3 rings (SSSR count). The van der Waals surface area contributed by atoms with Crippen LogP contribution in [0, 0.1) is 13.8 Å². The van der Waals surface area contributed by atoms with Gasteiger partial charge >= 0.3 is 0 Å². The first-order valence-electron chi connectivity index (χ1n) is 8.30. The summed E-state index contributed by atoms with van der Waals surface area (Å²) in [5.41, 5.74) is 4.41. The zero-order valence-corrected chi connectivity index (χ0v) is 16.2. The summed E-state index contributed by atoms with van der Waals surface area (Å²) in [7, 11) is 0. The van der Waals surface area contributed by atoms with Gasteiger partial charge in [-0.1, -0.05) is 41.9 Å². The molecule has 6 heteroatoms. The van der Waals surface area contributed by atoms with Crippen molar-refractivity contribution in [3.63, 3.8) is 0 Å². The van der Waals surface area contributed by atoms with Gasteiger partial charge in [0, 0.05) is 28.2 Å². The predicted octanol–water partition coefficient (Wildman–Crippen LogP) is 5.05. The van der Waals surface area contributed by atoms with Gasteiger partial charge in [-0.3, -0.25) is 4.79 Å². The van der Waals surface area contributed by atoms with E-state index in [0.29, 0.717) is 5.13 Å². The van der Waals surface area contributed by atoms with Gasteiger partial charge in [-0.05, 0) is 42.7 Å². The van der Waals surface area contributed by atoms with E-state index in [1.54, 1.807) is 6.20 Å². The van der Waals surface area contributed by atoms with Gasteiger partial charge in [0.05, 0.1) is 6.54 Å². The first-order chi connectivity index (χ1) is 12.5. The summed E-state index contributed by atoms with van der Waals surface area (Å²) in [6.45, 7) is 4.26. The number of carbonyl (C=O) groups is 1. The highest BCUT2D eigenvalue weighted by molar-refractivity contribution is 7.15. The van der Waals surface area contributed by atoms with Gasteiger partial charge in [0.2, 0.25) is 5.91 Å². The second kappa shape index (κ2) is 8.34. The molecule has 2 N–H and O–H groups in total. The molecule has 0 saturated heterocycles. The minimum absolute atomic E-state index is 0.111. The van der Waals surface area contributed by atoms with E-state index >= 15 is 0 Å². The van der Waals surface area contributed by atoms with E-state index in [9.17, 15) is 4.79 Å². The Morgan fingerprint density at radius 1 is 1.12 bits per heavy atom. The molecule has 0 radical (unpaired) electrons. The minimum Gasteiger partial charge on any atom is -0.376 e. The van der Waals surface area contributed by atoms with Crippen molar-refractivity contribution in [2.45, 2.75) is 20.3 Å². The first-order valence-corrected chi connectivity index (χ1v) is 9.50. The Kier molecular flexibility index (Phi) is 5.91. The molecule has 2 aromatic carbocycles. The topological polar surface area (TPSA) is 54.0 Å². The standard InChI is InChI=1S/C20H20ClN3OS/c1-13-4-3-5-14(2)19(13)22-12-18(25)24-20-23-11-17(26-20)10-15-6-8-16(21)9-7-15/h3-9,11,22H,10,12H2,1-2H3,(H,23,24,25). The lowest BCUT2D eigenvalue weighted by molar-refractivity contribution is -0.114. The third kappa shape index (κ3) is 4.84. The van der Waals surface area contributed by atoms with Crippen LogP contribution in [0.4, 0.5) is 10.8 Å².